The molecule has 0 aliphatic rings. The van der Waals surface area contributed by atoms with Crippen LogP contribution in [0, 0.1) is 13.8 Å². The van der Waals surface area contributed by atoms with Crippen molar-refractivity contribution in [2.75, 3.05) is 4.90 Å². The van der Waals surface area contributed by atoms with Gasteiger partial charge < -0.3 is 4.74 Å². The summed E-state index contributed by atoms with van der Waals surface area (Å²) in [6.07, 6.45) is 3.50. The average molecular weight is 466 g/mol. The second kappa shape index (κ2) is 9.45. The standard InChI is InChI=1S/C28H23N3O2S/c1-19-13-14-25-26(20(19)2)30-28(34-25)31(18-21-8-7-15-29-17-21)27(32)22-9-6-12-24(16-22)33-23-10-4-3-5-11-23/h3-17H,18H2,1-2H3. The Kier molecular flexibility index (Phi) is 6.06. The van der Waals surface area contributed by atoms with Gasteiger partial charge in [-0.3, -0.25) is 14.7 Å². The lowest BCUT2D eigenvalue weighted by Gasteiger charge is -2.20. The van der Waals surface area contributed by atoms with Gasteiger partial charge in [0.1, 0.15) is 11.5 Å². The first kappa shape index (κ1) is 21.8. The van der Waals surface area contributed by atoms with E-state index in [1.54, 1.807) is 29.4 Å². The topological polar surface area (TPSA) is 55.3 Å². The van der Waals surface area contributed by atoms with Gasteiger partial charge in [-0.1, -0.05) is 47.7 Å². The van der Waals surface area contributed by atoms with Gasteiger partial charge in [0.05, 0.1) is 16.8 Å². The maximum Gasteiger partial charge on any atom is 0.260 e. The van der Waals surface area contributed by atoms with E-state index < -0.39 is 0 Å². The number of carbonyl (C=O) groups is 1. The highest BCUT2D eigenvalue weighted by molar-refractivity contribution is 7.22. The van der Waals surface area contributed by atoms with E-state index in [1.165, 1.54) is 16.9 Å². The molecule has 0 aliphatic carbocycles. The zero-order chi connectivity index (χ0) is 23.5. The van der Waals surface area contributed by atoms with Crippen molar-refractivity contribution in [2.24, 2.45) is 0 Å². The van der Waals surface area contributed by atoms with Crippen LogP contribution in [-0.2, 0) is 6.54 Å². The lowest BCUT2D eigenvalue weighted by Crippen LogP contribution is -2.30. The fourth-order valence-corrected chi connectivity index (χ4v) is 4.73. The molecule has 0 N–H and O–H groups in total. The number of hydrogen-bond acceptors (Lipinski definition) is 5. The van der Waals surface area contributed by atoms with Gasteiger partial charge in [-0.15, -0.1) is 0 Å². The fourth-order valence-electron chi connectivity index (χ4n) is 3.70. The molecule has 0 saturated carbocycles. The van der Waals surface area contributed by atoms with Crippen LogP contribution >= 0.6 is 11.3 Å². The fraction of sp³-hybridized carbons (Fsp3) is 0.107. The predicted molar refractivity (Wildman–Crippen MR) is 137 cm³/mol. The first-order valence-electron chi connectivity index (χ1n) is 11.0. The Morgan fingerprint density at radius 1 is 0.941 bits per heavy atom. The zero-order valence-corrected chi connectivity index (χ0v) is 19.8. The van der Waals surface area contributed by atoms with Crippen molar-refractivity contribution in [1.29, 1.82) is 0 Å². The molecule has 2 heterocycles. The highest BCUT2D eigenvalue weighted by Crippen LogP contribution is 2.34. The van der Waals surface area contributed by atoms with Crippen LogP contribution in [0.25, 0.3) is 10.2 Å². The summed E-state index contributed by atoms with van der Waals surface area (Å²) in [6.45, 7) is 4.51. The van der Waals surface area contributed by atoms with Gasteiger partial charge >= 0.3 is 0 Å². The number of aromatic nitrogens is 2. The van der Waals surface area contributed by atoms with Crippen LogP contribution in [0.5, 0.6) is 11.5 Å². The van der Waals surface area contributed by atoms with Gasteiger partial charge in [-0.25, -0.2) is 4.98 Å². The largest absolute Gasteiger partial charge is 0.457 e. The maximum atomic E-state index is 13.8. The van der Waals surface area contributed by atoms with E-state index in [0.29, 0.717) is 23.0 Å². The summed E-state index contributed by atoms with van der Waals surface area (Å²) in [6, 6.07) is 24.8. The molecule has 34 heavy (non-hydrogen) atoms. The lowest BCUT2D eigenvalue weighted by molar-refractivity contribution is 0.0985. The van der Waals surface area contributed by atoms with Crippen molar-refractivity contribution in [3.63, 3.8) is 0 Å². The Morgan fingerprint density at radius 3 is 2.56 bits per heavy atom. The smallest absolute Gasteiger partial charge is 0.260 e. The molecule has 0 bridgehead atoms. The Labute approximate surface area is 202 Å². The number of carbonyl (C=O) groups excluding carboxylic acids is 1. The number of nitrogens with zero attached hydrogens (tertiary/aromatic N) is 3. The van der Waals surface area contributed by atoms with Crippen LogP contribution in [0.4, 0.5) is 5.13 Å². The van der Waals surface area contributed by atoms with Gasteiger partial charge in [-0.05, 0) is 73.0 Å². The van der Waals surface area contributed by atoms with Crippen LogP contribution < -0.4 is 9.64 Å². The van der Waals surface area contributed by atoms with Crippen molar-refractivity contribution < 1.29 is 9.53 Å². The van der Waals surface area contributed by atoms with E-state index in [4.69, 9.17) is 9.72 Å². The van der Waals surface area contributed by atoms with Gasteiger partial charge in [0.2, 0.25) is 0 Å². The normalized spacial score (nSPS) is 10.9. The van der Waals surface area contributed by atoms with E-state index in [-0.39, 0.29) is 5.91 Å². The molecule has 0 aliphatic heterocycles. The van der Waals surface area contributed by atoms with Crippen molar-refractivity contribution in [2.45, 2.75) is 20.4 Å². The highest BCUT2D eigenvalue weighted by atomic mass is 32.1. The molecule has 0 spiro atoms. The third-order valence-corrected chi connectivity index (χ3v) is 6.72. The predicted octanol–water partition coefficient (Wildman–Crippen LogP) is 6.95. The molecular formula is C28H23N3O2S. The van der Waals surface area contributed by atoms with Crippen molar-refractivity contribution in [1.82, 2.24) is 9.97 Å². The van der Waals surface area contributed by atoms with E-state index in [9.17, 15) is 4.79 Å². The molecule has 0 saturated heterocycles. The number of aryl methyl sites for hydroxylation is 2. The summed E-state index contributed by atoms with van der Waals surface area (Å²) in [4.78, 5) is 24.6. The molecule has 0 radical (unpaired) electrons. The third-order valence-electron chi connectivity index (χ3n) is 5.67. The van der Waals surface area contributed by atoms with Crippen LogP contribution in [0.1, 0.15) is 27.0 Å². The zero-order valence-electron chi connectivity index (χ0n) is 18.9. The van der Waals surface area contributed by atoms with E-state index in [0.717, 1.165) is 27.1 Å². The van der Waals surface area contributed by atoms with Gasteiger partial charge in [0.25, 0.3) is 5.91 Å². The van der Waals surface area contributed by atoms with Gasteiger partial charge in [-0.2, -0.15) is 0 Å². The molecule has 5 rings (SSSR count). The number of para-hydroxylation sites is 1. The lowest BCUT2D eigenvalue weighted by atomic mass is 10.1. The minimum absolute atomic E-state index is 0.143. The monoisotopic (exact) mass is 465 g/mol. The summed E-state index contributed by atoms with van der Waals surface area (Å²) in [5, 5.41) is 0.659. The molecule has 5 nitrogen and oxygen atoms in total. The quantitative estimate of drug-likeness (QED) is 0.272. The number of amides is 1. The summed E-state index contributed by atoms with van der Waals surface area (Å²) >= 11 is 1.52. The minimum Gasteiger partial charge on any atom is -0.457 e. The Bertz CT molecular complexity index is 1450. The van der Waals surface area contributed by atoms with Gasteiger partial charge in [0.15, 0.2) is 5.13 Å². The molecule has 1 amide bonds. The second-order valence-electron chi connectivity index (χ2n) is 8.05. The van der Waals surface area contributed by atoms with E-state index in [1.807, 2.05) is 54.6 Å². The number of fused-ring (bicyclic) bond motifs is 1. The third kappa shape index (κ3) is 4.54. The minimum atomic E-state index is -0.143. The molecule has 3 aromatic carbocycles. The number of rotatable bonds is 6. The molecule has 5 aromatic rings. The first-order chi connectivity index (χ1) is 16.6. The van der Waals surface area contributed by atoms with Crippen molar-refractivity contribution >= 4 is 32.6 Å². The number of anilines is 1. The second-order valence-corrected chi connectivity index (χ2v) is 9.06. The van der Waals surface area contributed by atoms with Crippen LogP contribution in [0.2, 0.25) is 0 Å². The van der Waals surface area contributed by atoms with Crippen LogP contribution in [0.15, 0.2) is 91.3 Å². The van der Waals surface area contributed by atoms with Crippen LogP contribution in [0.3, 0.4) is 0 Å². The molecule has 2 aromatic heterocycles. The molecule has 0 fully saturated rings. The van der Waals surface area contributed by atoms with E-state index >= 15 is 0 Å². The highest BCUT2D eigenvalue weighted by Gasteiger charge is 2.23. The Balaban J connectivity index is 1.52. The SMILES string of the molecule is Cc1ccc2sc(N(Cc3cccnc3)C(=O)c3cccc(Oc4ccccc4)c3)nc2c1C. The molecule has 168 valence electrons. The van der Waals surface area contributed by atoms with Crippen LogP contribution in [-0.4, -0.2) is 15.9 Å². The molecule has 6 heteroatoms. The Morgan fingerprint density at radius 2 is 1.76 bits per heavy atom. The Hall–Kier alpha value is -4.03. The van der Waals surface area contributed by atoms with Gasteiger partial charge in [0, 0.05) is 18.0 Å². The number of thiazole rings is 1. The molecule has 0 atom stereocenters. The number of hydrogen-bond donors (Lipinski definition) is 0. The van der Waals surface area contributed by atoms with E-state index in [2.05, 4.69) is 31.0 Å². The summed E-state index contributed by atoms with van der Waals surface area (Å²) < 4.78 is 7.01. The van der Waals surface area contributed by atoms with Crippen molar-refractivity contribution in [3.8, 4) is 11.5 Å². The molecular weight excluding hydrogens is 442 g/mol. The van der Waals surface area contributed by atoms with Crippen molar-refractivity contribution in [3.05, 3.63) is 114 Å². The average Bonchev–Trinajstić information content (AvgIpc) is 3.31. The number of benzene rings is 3. The first-order valence-corrected chi connectivity index (χ1v) is 11.8. The summed E-state index contributed by atoms with van der Waals surface area (Å²) in [5.74, 6) is 1.18. The molecule has 0 unspecified atom stereocenters. The number of pyridine rings is 1. The summed E-state index contributed by atoms with van der Waals surface area (Å²) in [5.41, 5.74) is 4.71. The summed E-state index contributed by atoms with van der Waals surface area (Å²) in [7, 11) is 0. The number of ether oxygens (including phenoxy) is 1. The maximum absolute atomic E-state index is 13.8.